The Morgan fingerprint density at radius 3 is 2.30 bits per heavy atom. The number of esters is 1. The molecule has 0 aromatic heterocycles. The number of thioether (sulfide) groups is 1. The first-order valence-electron chi connectivity index (χ1n) is 15.5. The maximum absolute atomic E-state index is 13.8. The molecule has 1 heterocycles. The third-order valence-electron chi connectivity index (χ3n) is 7.33. The van der Waals surface area contributed by atoms with Gasteiger partial charge in [-0.05, 0) is 68.7 Å². The fourth-order valence-corrected chi connectivity index (χ4v) is 5.76. The van der Waals surface area contributed by atoms with Gasteiger partial charge in [0.1, 0.15) is 0 Å². The van der Waals surface area contributed by atoms with Gasteiger partial charge in [-0.25, -0.2) is 0 Å². The van der Waals surface area contributed by atoms with Crippen molar-refractivity contribution in [2.24, 2.45) is 5.73 Å². The number of hydrogen-bond donors (Lipinski definition) is 1. The number of carbonyl (C=O) groups is 3. The molecule has 11 heteroatoms. The molecule has 0 radical (unpaired) electrons. The zero-order valence-corrected chi connectivity index (χ0v) is 27.8. The van der Waals surface area contributed by atoms with Crippen LogP contribution in [-0.2, 0) is 25.5 Å². The van der Waals surface area contributed by atoms with Gasteiger partial charge in [0.15, 0.2) is 5.25 Å². The lowest BCUT2D eigenvalue weighted by atomic mass is 10.1. The van der Waals surface area contributed by atoms with Crippen LogP contribution in [0.25, 0.3) is 0 Å². The Kier molecular flexibility index (Phi) is 15.5. The van der Waals surface area contributed by atoms with E-state index in [0.717, 1.165) is 43.9 Å². The van der Waals surface area contributed by atoms with Gasteiger partial charge in [-0.3, -0.25) is 19.3 Å². The second-order valence-corrected chi connectivity index (χ2v) is 12.7. The number of amides is 2. The lowest BCUT2D eigenvalue weighted by molar-refractivity contribution is -0.145. The fraction of sp³-hybridized carbons (Fsp3) is 0.545. The summed E-state index contributed by atoms with van der Waals surface area (Å²) in [6.07, 6.45) is 2.54. The predicted molar refractivity (Wildman–Crippen MR) is 179 cm³/mol. The summed E-state index contributed by atoms with van der Waals surface area (Å²) in [5.41, 5.74) is 8.09. The third-order valence-corrected chi connectivity index (χ3v) is 8.78. The van der Waals surface area contributed by atoms with Crippen LogP contribution in [0.15, 0.2) is 48.5 Å². The van der Waals surface area contributed by atoms with E-state index in [1.807, 2.05) is 37.8 Å². The molecule has 0 saturated carbocycles. The number of benzene rings is 2. The van der Waals surface area contributed by atoms with Gasteiger partial charge in [0, 0.05) is 67.8 Å². The Morgan fingerprint density at radius 2 is 1.68 bits per heavy atom. The van der Waals surface area contributed by atoms with Crippen LogP contribution in [0.3, 0.4) is 0 Å². The van der Waals surface area contributed by atoms with Crippen molar-refractivity contribution in [3.63, 3.8) is 0 Å². The third kappa shape index (κ3) is 11.4. The van der Waals surface area contributed by atoms with Crippen molar-refractivity contribution in [1.29, 1.82) is 0 Å². The Labute approximate surface area is 271 Å². The number of nitrogens with zero attached hydrogens (tertiary/aromatic N) is 3. The van der Waals surface area contributed by atoms with Crippen LogP contribution in [0.1, 0.15) is 49.5 Å². The van der Waals surface area contributed by atoms with Gasteiger partial charge in [0.25, 0.3) is 11.8 Å². The molecule has 44 heavy (non-hydrogen) atoms. The number of unbranched alkanes of at least 4 members (excludes halogenated alkanes) is 1. The summed E-state index contributed by atoms with van der Waals surface area (Å²) in [4.78, 5) is 45.8. The van der Waals surface area contributed by atoms with Crippen molar-refractivity contribution in [2.75, 3.05) is 69.7 Å². The summed E-state index contributed by atoms with van der Waals surface area (Å²) in [5, 5.41) is -0.298. The molecule has 0 unspecified atom stereocenters. The van der Waals surface area contributed by atoms with Gasteiger partial charge in [-0.2, -0.15) is 0 Å². The number of rotatable bonds is 17. The highest BCUT2D eigenvalue weighted by Crippen LogP contribution is 2.23. The van der Waals surface area contributed by atoms with E-state index in [-0.39, 0.29) is 31.1 Å². The molecule has 1 atom stereocenters. The highest BCUT2D eigenvalue weighted by atomic mass is 35.5. The van der Waals surface area contributed by atoms with Crippen molar-refractivity contribution in [2.45, 2.75) is 51.4 Å². The van der Waals surface area contributed by atoms with Crippen LogP contribution < -0.4 is 10.6 Å². The largest absolute Gasteiger partial charge is 0.464 e. The fourth-order valence-electron chi connectivity index (χ4n) is 4.79. The summed E-state index contributed by atoms with van der Waals surface area (Å²) < 4.78 is 11.2. The zero-order chi connectivity index (χ0) is 31.9. The lowest BCUT2D eigenvalue weighted by Gasteiger charge is -2.35. The van der Waals surface area contributed by atoms with E-state index in [0.29, 0.717) is 43.2 Å². The van der Waals surface area contributed by atoms with Crippen LogP contribution in [0.2, 0.25) is 5.02 Å². The van der Waals surface area contributed by atoms with Crippen LogP contribution in [0.5, 0.6) is 0 Å². The molecule has 1 saturated heterocycles. The molecule has 0 aliphatic carbocycles. The first-order chi connectivity index (χ1) is 21.2. The molecule has 2 amide bonds. The minimum absolute atomic E-state index is 0.00808. The minimum Gasteiger partial charge on any atom is -0.464 e. The lowest BCUT2D eigenvalue weighted by Crippen LogP contribution is -2.49. The van der Waals surface area contributed by atoms with Crippen LogP contribution in [0.4, 0.5) is 5.69 Å². The van der Waals surface area contributed by atoms with E-state index in [4.69, 9.17) is 26.8 Å². The van der Waals surface area contributed by atoms with Gasteiger partial charge in [0.2, 0.25) is 0 Å². The van der Waals surface area contributed by atoms with Crippen molar-refractivity contribution in [1.82, 2.24) is 9.80 Å². The summed E-state index contributed by atoms with van der Waals surface area (Å²) >= 11 is 7.18. The standard InChI is InChI=1S/C33H47ClN4O5S/c1-4-5-22-43-33(41)30(44-24-15-35)32(40)38(21-23-42-25(2)3)29-12-8-27(9-13-29)31(39)37-19-17-36(18-20-37)16-14-26-6-10-28(34)11-7-26/h6-13,25,30H,4-5,14-24,35H2,1-3H3/t30-/m1/s1. The Hall–Kier alpha value is -2.63. The van der Waals surface area contributed by atoms with Gasteiger partial charge >= 0.3 is 5.97 Å². The predicted octanol–water partition coefficient (Wildman–Crippen LogP) is 4.50. The number of carbonyl (C=O) groups excluding carboxylic acids is 3. The number of piperazine rings is 1. The summed E-state index contributed by atoms with van der Waals surface area (Å²) in [7, 11) is 0. The molecule has 1 aliphatic rings. The molecular weight excluding hydrogens is 600 g/mol. The van der Waals surface area contributed by atoms with E-state index in [1.165, 1.54) is 17.3 Å². The minimum atomic E-state index is -1.04. The van der Waals surface area contributed by atoms with Crippen LogP contribution >= 0.6 is 23.4 Å². The SMILES string of the molecule is CCCCOC(=O)[C@H](SCCN)C(=O)N(CCOC(C)C)c1ccc(C(=O)N2CCN(CCc3ccc(Cl)cc3)CC2)cc1. The van der Waals surface area contributed by atoms with E-state index >= 15 is 0 Å². The van der Waals surface area contributed by atoms with Crippen LogP contribution in [0, 0.1) is 0 Å². The van der Waals surface area contributed by atoms with Gasteiger partial charge in [-0.15, -0.1) is 11.8 Å². The van der Waals surface area contributed by atoms with Gasteiger partial charge < -0.3 is 25.0 Å². The molecule has 1 aliphatic heterocycles. The molecule has 0 spiro atoms. The molecular formula is C33H47ClN4O5S. The Morgan fingerprint density at radius 1 is 1.00 bits per heavy atom. The van der Waals surface area contributed by atoms with E-state index in [2.05, 4.69) is 17.0 Å². The molecule has 9 nitrogen and oxygen atoms in total. The van der Waals surface area contributed by atoms with E-state index in [9.17, 15) is 14.4 Å². The zero-order valence-electron chi connectivity index (χ0n) is 26.2. The molecule has 0 bridgehead atoms. The summed E-state index contributed by atoms with van der Waals surface area (Å²) in [5.74, 6) is -0.537. The highest BCUT2D eigenvalue weighted by Gasteiger charge is 2.33. The molecule has 242 valence electrons. The molecule has 2 N–H and O–H groups in total. The quantitative estimate of drug-likeness (QED) is 0.152. The van der Waals surface area contributed by atoms with Gasteiger partial charge in [0.05, 0.1) is 19.3 Å². The smallest absolute Gasteiger partial charge is 0.328 e. The average Bonchev–Trinajstić information content (AvgIpc) is 3.03. The monoisotopic (exact) mass is 646 g/mol. The van der Waals surface area contributed by atoms with Crippen molar-refractivity contribution in [3.05, 3.63) is 64.7 Å². The molecule has 1 fully saturated rings. The maximum Gasteiger partial charge on any atom is 0.328 e. The summed E-state index contributed by atoms with van der Waals surface area (Å²) in [6, 6.07) is 14.9. The first-order valence-corrected chi connectivity index (χ1v) is 16.9. The number of hydrogen-bond acceptors (Lipinski definition) is 8. The topological polar surface area (TPSA) is 105 Å². The molecule has 2 aromatic carbocycles. The first kappa shape index (κ1) is 35.8. The Bertz CT molecular complexity index is 1170. The average molecular weight is 647 g/mol. The van der Waals surface area contributed by atoms with Crippen molar-refractivity contribution >= 4 is 46.8 Å². The normalized spacial score (nSPS) is 14.5. The second kappa shape index (κ2) is 19.0. The number of anilines is 1. The van der Waals surface area contributed by atoms with Crippen LogP contribution in [-0.4, -0.2) is 104 Å². The van der Waals surface area contributed by atoms with E-state index in [1.54, 1.807) is 29.2 Å². The molecule has 2 aromatic rings. The highest BCUT2D eigenvalue weighted by molar-refractivity contribution is 8.01. The second-order valence-electron chi connectivity index (χ2n) is 11.0. The maximum atomic E-state index is 13.8. The summed E-state index contributed by atoms with van der Waals surface area (Å²) in [6.45, 7) is 10.9. The number of ether oxygens (including phenoxy) is 2. The Balaban J connectivity index is 1.65. The van der Waals surface area contributed by atoms with Gasteiger partial charge in [-0.1, -0.05) is 37.1 Å². The number of halogens is 1. The number of nitrogens with two attached hydrogens (primary N) is 1. The van der Waals surface area contributed by atoms with Crippen molar-refractivity contribution < 1.29 is 23.9 Å². The molecule has 3 rings (SSSR count). The van der Waals surface area contributed by atoms with Crippen molar-refractivity contribution in [3.8, 4) is 0 Å². The van der Waals surface area contributed by atoms with E-state index < -0.39 is 11.2 Å².